The van der Waals surface area contributed by atoms with Crippen molar-refractivity contribution in [2.45, 2.75) is 13.0 Å². The highest BCUT2D eigenvalue weighted by atomic mass is 79.9. The van der Waals surface area contributed by atoms with Crippen LogP contribution in [0.2, 0.25) is 0 Å². The number of carbonyl (C=O) groups is 2. The largest absolute Gasteiger partial charge is 0.497 e. The molecule has 0 aliphatic heterocycles. The lowest BCUT2D eigenvalue weighted by Crippen LogP contribution is -2.28. The fourth-order valence-electron chi connectivity index (χ4n) is 2.00. The van der Waals surface area contributed by atoms with Gasteiger partial charge in [-0.3, -0.25) is 9.59 Å². The number of ether oxygens (including phenoxy) is 2. The lowest BCUT2D eigenvalue weighted by atomic mass is 10.2. The number of hydrogen-bond donors (Lipinski definition) is 1. The molecule has 0 saturated carbocycles. The summed E-state index contributed by atoms with van der Waals surface area (Å²) in [5.41, 5.74) is 1.74. The highest BCUT2D eigenvalue weighted by Crippen LogP contribution is 2.12. The molecule has 0 spiro atoms. The van der Waals surface area contributed by atoms with Crippen LogP contribution < -0.4 is 10.1 Å². The minimum Gasteiger partial charge on any atom is -0.497 e. The number of hydrogen-bond acceptors (Lipinski definition) is 4. The zero-order valence-electron chi connectivity index (χ0n) is 13.3. The fourth-order valence-corrected chi connectivity index (χ4v) is 2.26. The van der Waals surface area contributed by atoms with E-state index < -0.39 is 5.97 Å². The third-order valence-corrected chi connectivity index (χ3v) is 3.78. The minimum absolute atomic E-state index is 0.135. The van der Waals surface area contributed by atoms with Crippen molar-refractivity contribution >= 4 is 27.8 Å². The summed E-state index contributed by atoms with van der Waals surface area (Å²) in [5, 5.41) is 2.70. The van der Waals surface area contributed by atoms with E-state index in [1.807, 2.05) is 48.5 Å². The molecule has 126 valence electrons. The first-order valence-corrected chi connectivity index (χ1v) is 8.16. The molecular formula is C18H18BrNO4. The van der Waals surface area contributed by atoms with E-state index in [9.17, 15) is 9.59 Å². The van der Waals surface area contributed by atoms with Gasteiger partial charge in [-0.2, -0.15) is 0 Å². The highest BCUT2D eigenvalue weighted by Gasteiger charge is 2.08. The predicted molar refractivity (Wildman–Crippen MR) is 93.6 cm³/mol. The molecule has 0 bridgehead atoms. The Hall–Kier alpha value is -2.34. The van der Waals surface area contributed by atoms with E-state index in [1.165, 1.54) is 0 Å². The summed E-state index contributed by atoms with van der Waals surface area (Å²) >= 11 is 3.33. The fraction of sp³-hybridized carbons (Fsp3) is 0.222. The summed E-state index contributed by atoms with van der Waals surface area (Å²) < 4.78 is 11.0. The van der Waals surface area contributed by atoms with Gasteiger partial charge >= 0.3 is 5.97 Å². The van der Waals surface area contributed by atoms with Crippen LogP contribution >= 0.6 is 15.9 Å². The Morgan fingerprint density at radius 1 is 1.08 bits per heavy atom. The summed E-state index contributed by atoms with van der Waals surface area (Å²) in [5.74, 6) is -0.0569. The van der Waals surface area contributed by atoms with E-state index in [0.29, 0.717) is 6.54 Å². The van der Waals surface area contributed by atoms with Gasteiger partial charge in [0.05, 0.1) is 13.5 Å². The zero-order valence-corrected chi connectivity index (χ0v) is 14.8. The van der Waals surface area contributed by atoms with Gasteiger partial charge in [0.15, 0.2) is 6.61 Å². The maximum absolute atomic E-state index is 11.7. The number of esters is 1. The number of benzene rings is 2. The van der Waals surface area contributed by atoms with Crippen LogP contribution in [0.5, 0.6) is 5.75 Å². The monoisotopic (exact) mass is 391 g/mol. The topological polar surface area (TPSA) is 64.6 Å². The van der Waals surface area contributed by atoms with Crippen molar-refractivity contribution in [3.63, 3.8) is 0 Å². The van der Waals surface area contributed by atoms with E-state index in [1.54, 1.807) is 7.11 Å². The number of nitrogens with one attached hydrogen (secondary N) is 1. The number of rotatable bonds is 7. The van der Waals surface area contributed by atoms with Gasteiger partial charge in [0, 0.05) is 11.0 Å². The Morgan fingerprint density at radius 3 is 2.54 bits per heavy atom. The molecule has 1 amide bonds. The van der Waals surface area contributed by atoms with Crippen LogP contribution in [0, 0.1) is 0 Å². The number of methoxy groups -OCH3 is 1. The molecule has 2 aromatic carbocycles. The molecule has 2 rings (SSSR count). The zero-order chi connectivity index (χ0) is 17.4. The van der Waals surface area contributed by atoms with E-state index in [2.05, 4.69) is 21.2 Å². The van der Waals surface area contributed by atoms with Gasteiger partial charge in [-0.25, -0.2) is 0 Å². The summed E-state index contributed by atoms with van der Waals surface area (Å²) in [6, 6.07) is 14.7. The smallest absolute Gasteiger partial charge is 0.310 e. The Morgan fingerprint density at radius 2 is 1.83 bits per heavy atom. The normalized spacial score (nSPS) is 10.1. The van der Waals surface area contributed by atoms with Crippen molar-refractivity contribution in [3.8, 4) is 5.75 Å². The molecule has 0 heterocycles. The summed E-state index contributed by atoms with van der Waals surface area (Å²) in [7, 11) is 1.59. The molecule has 0 unspecified atom stereocenters. The van der Waals surface area contributed by atoms with Crippen LogP contribution in [0.4, 0.5) is 0 Å². The van der Waals surface area contributed by atoms with Gasteiger partial charge in [0.1, 0.15) is 5.75 Å². The van der Waals surface area contributed by atoms with Crippen LogP contribution in [0.1, 0.15) is 11.1 Å². The van der Waals surface area contributed by atoms with Gasteiger partial charge in [0.2, 0.25) is 0 Å². The molecule has 0 aliphatic carbocycles. The van der Waals surface area contributed by atoms with Gasteiger partial charge in [-0.1, -0.05) is 40.2 Å². The lowest BCUT2D eigenvalue weighted by molar-refractivity contribution is -0.147. The van der Waals surface area contributed by atoms with Gasteiger partial charge in [-0.15, -0.1) is 0 Å². The molecule has 24 heavy (non-hydrogen) atoms. The third-order valence-electron chi connectivity index (χ3n) is 3.25. The quantitative estimate of drug-likeness (QED) is 0.737. The van der Waals surface area contributed by atoms with Crippen LogP contribution in [0.15, 0.2) is 53.0 Å². The van der Waals surface area contributed by atoms with E-state index in [4.69, 9.17) is 9.47 Å². The molecule has 5 nitrogen and oxygen atoms in total. The average Bonchev–Trinajstić information content (AvgIpc) is 2.60. The van der Waals surface area contributed by atoms with Crippen LogP contribution in [-0.4, -0.2) is 25.6 Å². The molecule has 2 aromatic rings. The standard InChI is InChI=1S/C18H18BrNO4/c1-23-16-4-2-3-14(9-16)11-20-17(21)12-24-18(22)10-13-5-7-15(19)8-6-13/h2-9H,10-12H2,1H3,(H,20,21). The number of amides is 1. The predicted octanol–water partition coefficient (Wildman–Crippen LogP) is 2.86. The summed E-state index contributed by atoms with van der Waals surface area (Å²) in [4.78, 5) is 23.5. The van der Waals surface area contributed by atoms with Crippen molar-refractivity contribution in [1.82, 2.24) is 5.32 Å². The molecule has 0 atom stereocenters. The van der Waals surface area contributed by atoms with Crippen molar-refractivity contribution in [3.05, 3.63) is 64.1 Å². The molecule has 0 fully saturated rings. The van der Waals surface area contributed by atoms with Gasteiger partial charge in [0.25, 0.3) is 5.91 Å². The van der Waals surface area contributed by atoms with E-state index in [0.717, 1.165) is 21.3 Å². The van der Waals surface area contributed by atoms with Crippen LogP contribution in [0.3, 0.4) is 0 Å². The molecule has 1 N–H and O–H groups in total. The van der Waals surface area contributed by atoms with Crippen molar-refractivity contribution < 1.29 is 19.1 Å². The SMILES string of the molecule is COc1cccc(CNC(=O)COC(=O)Cc2ccc(Br)cc2)c1. The van der Waals surface area contributed by atoms with Crippen LogP contribution in [-0.2, 0) is 27.3 Å². The van der Waals surface area contributed by atoms with Crippen molar-refractivity contribution in [2.75, 3.05) is 13.7 Å². The van der Waals surface area contributed by atoms with Gasteiger partial charge in [-0.05, 0) is 35.4 Å². The Balaban J connectivity index is 1.72. The number of halogens is 1. The molecule has 0 saturated heterocycles. The molecule has 0 aliphatic rings. The van der Waals surface area contributed by atoms with Crippen LogP contribution in [0.25, 0.3) is 0 Å². The second kappa shape index (κ2) is 9.08. The second-order valence-electron chi connectivity index (χ2n) is 5.09. The second-order valence-corrected chi connectivity index (χ2v) is 6.01. The van der Waals surface area contributed by atoms with Crippen molar-refractivity contribution in [1.29, 1.82) is 0 Å². The van der Waals surface area contributed by atoms with E-state index in [-0.39, 0.29) is 18.9 Å². The first-order valence-electron chi connectivity index (χ1n) is 7.36. The Bertz CT molecular complexity index is 700. The molecular weight excluding hydrogens is 374 g/mol. The number of carbonyl (C=O) groups excluding carboxylic acids is 2. The van der Waals surface area contributed by atoms with Crippen molar-refractivity contribution in [2.24, 2.45) is 0 Å². The average molecular weight is 392 g/mol. The molecule has 0 radical (unpaired) electrons. The Labute approximate surface area is 149 Å². The van der Waals surface area contributed by atoms with Gasteiger partial charge < -0.3 is 14.8 Å². The Kier molecular flexibility index (Phi) is 6.81. The lowest BCUT2D eigenvalue weighted by Gasteiger charge is -2.08. The highest BCUT2D eigenvalue weighted by molar-refractivity contribution is 9.10. The molecule has 6 heteroatoms. The summed E-state index contributed by atoms with van der Waals surface area (Å²) in [6.07, 6.45) is 0.135. The molecule has 0 aromatic heterocycles. The first kappa shape index (κ1) is 18.0. The maximum Gasteiger partial charge on any atom is 0.310 e. The third kappa shape index (κ3) is 6.04. The van der Waals surface area contributed by atoms with E-state index >= 15 is 0 Å². The maximum atomic E-state index is 11.7. The minimum atomic E-state index is -0.436. The summed E-state index contributed by atoms with van der Waals surface area (Å²) in [6.45, 7) is 0.0552. The first-order chi connectivity index (χ1) is 11.6.